The number of carbonyl (C=O) groups excluding carboxylic acids is 1. The maximum Gasteiger partial charge on any atom is 0.281 e. The first-order valence-electron chi connectivity index (χ1n) is 6.46. The van der Waals surface area contributed by atoms with E-state index in [1.807, 2.05) is 31.2 Å². The third kappa shape index (κ3) is 4.81. The van der Waals surface area contributed by atoms with Gasteiger partial charge in [0, 0.05) is 0 Å². The molecular formula is C16H17NO4. The van der Waals surface area contributed by atoms with Crippen LogP contribution in [0.3, 0.4) is 0 Å². The number of carbonyl (C=O) groups is 1. The SMILES string of the molecule is CONC(=O)COc1ccc(Oc2ccc(C)cc2)cc1. The zero-order valence-corrected chi connectivity index (χ0v) is 12.0. The molecule has 2 aromatic carbocycles. The van der Waals surface area contributed by atoms with Crippen molar-refractivity contribution in [1.82, 2.24) is 5.48 Å². The molecule has 0 atom stereocenters. The van der Waals surface area contributed by atoms with Crippen LogP contribution >= 0.6 is 0 Å². The normalized spacial score (nSPS) is 10.0. The number of benzene rings is 2. The topological polar surface area (TPSA) is 56.8 Å². The van der Waals surface area contributed by atoms with Crippen molar-refractivity contribution in [3.8, 4) is 17.2 Å². The molecule has 0 aromatic heterocycles. The highest BCUT2D eigenvalue weighted by molar-refractivity contribution is 5.76. The molecule has 0 aliphatic carbocycles. The van der Waals surface area contributed by atoms with Gasteiger partial charge in [-0.2, -0.15) is 0 Å². The van der Waals surface area contributed by atoms with Gasteiger partial charge in [-0.05, 0) is 43.3 Å². The molecule has 0 unspecified atom stereocenters. The molecule has 5 nitrogen and oxygen atoms in total. The van der Waals surface area contributed by atoms with E-state index in [0.29, 0.717) is 11.5 Å². The Hall–Kier alpha value is -2.53. The molecule has 2 aromatic rings. The summed E-state index contributed by atoms with van der Waals surface area (Å²) in [6.45, 7) is 1.92. The first-order valence-corrected chi connectivity index (χ1v) is 6.46. The van der Waals surface area contributed by atoms with E-state index in [1.54, 1.807) is 24.3 Å². The van der Waals surface area contributed by atoms with E-state index in [9.17, 15) is 4.79 Å². The van der Waals surface area contributed by atoms with Gasteiger partial charge in [-0.1, -0.05) is 17.7 Å². The van der Waals surface area contributed by atoms with Crippen LogP contribution in [0.25, 0.3) is 0 Å². The second-order valence-corrected chi connectivity index (χ2v) is 4.40. The van der Waals surface area contributed by atoms with Crippen molar-refractivity contribution in [3.05, 3.63) is 54.1 Å². The molecule has 5 heteroatoms. The van der Waals surface area contributed by atoms with Gasteiger partial charge in [0.25, 0.3) is 5.91 Å². The predicted molar refractivity (Wildman–Crippen MR) is 78.3 cm³/mol. The summed E-state index contributed by atoms with van der Waals surface area (Å²) in [7, 11) is 1.37. The lowest BCUT2D eigenvalue weighted by molar-refractivity contribution is -0.133. The number of aryl methyl sites for hydroxylation is 1. The molecule has 21 heavy (non-hydrogen) atoms. The molecule has 0 aliphatic rings. The second-order valence-electron chi connectivity index (χ2n) is 4.40. The quantitative estimate of drug-likeness (QED) is 0.830. The Morgan fingerprint density at radius 1 is 0.952 bits per heavy atom. The Bertz CT molecular complexity index is 578. The van der Waals surface area contributed by atoms with Crippen molar-refractivity contribution >= 4 is 5.91 Å². The molecule has 0 heterocycles. The maximum absolute atomic E-state index is 11.2. The Labute approximate surface area is 123 Å². The molecule has 0 spiro atoms. The molecule has 1 amide bonds. The highest BCUT2D eigenvalue weighted by Crippen LogP contribution is 2.23. The van der Waals surface area contributed by atoms with Crippen molar-refractivity contribution in [3.63, 3.8) is 0 Å². The number of hydrogen-bond donors (Lipinski definition) is 1. The molecule has 0 radical (unpaired) electrons. The van der Waals surface area contributed by atoms with Crippen LogP contribution in [0, 0.1) is 6.92 Å². The lowest BCUT2D eigenvalue weighted by Crippen LogP contribution is -2.27. The van der Waals surface area contributed by atoms with E-state index in [0.717, 1.165) is 5.75 Å². The maximum atomic E-state index is 11.2. The van der Waals surface area contributed by atoms with Gasteiger partial charge in [0.1, 0.15) is 17.2 Å². The average molecular weight is 287 g/mol. The fourth-order valence-corrected chi connectivity index (χ4v) is 1.64. The molecule has 0 bridgehead atoms. The van der Waals surface area contributed by atoms with E-state index in [4.69, 9.17) is 9.47 Å². The van der Waals surface area contributed by atoms with Gasteiger partial charge in [-0.15, -0.1) is 0 Å². The Balaban J connectivity index is 1.89. The number of hydrogen-bond acceptors (Lipinski definition) is 4. The van der Waals surface area contributed by atoms with Crippen molar-refractivity contribution in [2.75, 3.05) is 13.7 Å². The summed E-state index contributed by atoms with van der Waals surface area (Å²) in [5.74, 6) is 1.70. The van der Waals surface area contributed by atoms with Crippen LogP contribution in [0.4, 0.5) is 0 Å². The molecule has 1 N–H and O–H groups in total. The number of nitrogens with one attached hydrogen (secondary N) is 1. The van der Waals surface area contributed by atoms with Crippen LogP contribution in [-0.4, -0.2) is 19.6 Å². The highest BCUT2D eigenvalue weighted by Gasteiger charge is 2.02. The van der Waals surface area contributed by atoms with Crippen LogP contribution in [0.15, 0.2) is 48.5 Å². The first-order chi connectivity index (χ1) is 10.2. The van der Waals surface area contributed by atoms with Gasteiger partial charge in [0.15, 0.2) is 6.61 Å². The van der Waals surface area contributed by atoms with Gasteiger partial charge in [-0.25, -0.2) is 5.48 Å². The zero-order valence-electron chi connectivity index (χ0n) is 12.0. The largest absolute Gasteiger partial charge is 0.484 e. The second kappa shape index (κ2) is 7.31. The summed E-state index contributed by atoms with van der Waals surface area (Å²) in [6, 6.07) is 14.8. The summed E-state index contributed by atoms with van der Waals surface area (Å²) < 4.78 is 11.0. The molecule has 0 saturated carbocycles. The Morgan fingerprint density at radius 3 is 2.05 bits per heavy atom. The van der Waals surface area contributed by atoms with Crippen molar-refractivity contribution < 1.29 is 19.1 Å². The van der Waals surface area contributed by atoms with Gasteiger partial charge in [-0.3, -0.25) is 9.63 Å². The molecule has 2 rings (SSSR count). The van der Waals surface area contributed by atoms with Gasteiger partial charge in [0.2, 0.25) is 0 Å². The molecule has 110 valence electrons. The Morgan fingerprint density at radius 2 is 1.48 bits per heavy atom. The standard InChI is InChI=1S/C16H17NO4/c1-12-3-5-14(6-4-12)21-15-9-7-13(8-10-15)20-11-16(18)17-19-2/h3-10H,11H2,1-2H3,(H,17,18). The van der Waals surface area contributed by atoms with E-state index in [-0.39, 0.29) is 12.5 Å². The van der Waals surface area contributed by atoms with Crippen LogP contribution in [0.5, 0.6) is 17.2 Å². The highest BCUT2D eigenvalue weighted by atomic mass is 16.6. The van der Waals surface area contributed by atoms with Crippen molar-refractivity contribution in [2.45, 2.75) is 6.92 Å². The number of amides is 1. The van der Waals surface area contributed by atoms with Crippen LogP contribution in [0.2, 0.25) is 0 Å². The van der Waals surface area contributed by atoms with E-state index in [1.165, 1.54) is 12.7 Å². The third-order valence-corrected chi connectivity index (χ3v) is 2.67. The third-order valence-electron chi connectivity index (χ3n) is 2.67. The number of ether oxygens (including phenoxy) is 2. The summed E-state index contributed by atoms with van der Waals surface area (Å²) in [5.41, 5.74) is 3.36. The molecule has 0 aliphatic heterocycles. The average Bonchev–Trinajstić information content (AvgIpc) is 2.49. The van der Waals surface area contributed by atoms with Gasteiger partial charge < -0.3 is 9.47 Å². The van der Waals surface area contributed by atoms with E-state index >= 15 is 0 Å². The first kappa shape index (κ1) is 14.9. The fraction of sp³-hybridized carbons (Fsp3) is 0.188. The van der Waals surface area contributed by atoms with Crippen molar-refractivity contribution in [2.24, 2.45) is 0 Å². The monoisotopic (exact) mass is 287 g/mol. The minimum absolute atomic E-state index is 0.105. The van der Waals surface area contributed by atoms with Crippen LogP contribution in [-0.2, 0) is 9.63 Å². The zero-order chi connectivity index (χ0) is 15.1. The molecular weight excluding hydrogens is 270 g/mol. The summed E-state index contributed by atoms with van der Waals surface area (Å²) >= 11 is 0. The number of rotatable bonds is 6. The predicted octanol–water partition coefficient (Wildman–Crippen LogP) is 2.84. The van der Waals surface area contributed by atoms with E-state index in [2.05, 4.69) is 10.3 Å². The summed E-state index contributed by atoms with van der Waals surface area (Å²) in [5, 5.41) is 0. The smallest absolute Gasteiger partial charge is 0.281 e. The Kier molecular flexibility index (Phi) is 5.17. The minimum Gasteiger partial charge on any atom is -0.484 e. The molecule has 0 fully saturated rings. The van der Waals surface area contributed by atoms with E-state index < -0.39 is 0 Å². The van der Waals surface area contributed by atoms with Crippen LogP contribution in [0.1, 0.15) is 5.56 Å². The van der Waals surface area contributed by atoms with Gasteiger partial charge in [0.05, 0.1) is 7.11 Å². The molecule has 0 saturated heterocycles. The summed E-state index contributed by atoms with van der Waals surface area (Å²) in [6.07, 6.45) is 0. The lowest BCUT2D eigenvalue weighted by atomic mass is 10.2. The van der Waals surface area contributed by atoms with Crippen molar-refractivity contribution in [1.29, 1.82) is 0 Å². The summed E-state index contributed by atoms with van der Waals surface area (Å²) in [4.78, 5) is 15.7. The van der Waals surface area contributed by atoms with Crippen LogP contribution < -0.4 is 15.0 Å². The fourth-order valence-electron chi connectivity index (χ4n) is 1.64. The van der Waals surface area contributed by atoms with Gasteiger partial charge >= 0.3 is 0 Å². The minimum atomic E-state index is -0.350. The number of hydroxylamine groups is 1. The lowest BCUT2D eigenvalue weighted by Gasteiger charge is -2.08.